The van der Waals surface area contributed by atoms with Crippen LogP contribution >= 0.6 is 11.6 Å². The summed E-state index contributed by atoms with van der Waals surface area (Å²) < 4.78 is 1.62. The highest BCUT2D eigenvalue weighted by Crippen LogP contribution is 2.38. The number of rotatable bonds is 3. The minimum Gasteiger partial charge on any atom is -0.375 e. The van der Waals surface area contributed by atoms with Gasteiger partial charge in [0.15, 0.2) is 0 Å². The van der Waals surface area contributed by atoms with Gasteiger partial charge in [-0.1, -0.05) is 29.8 Å². The predicted octanol–water partition coefficient (Wildman–Crippen LogP) is 4.19. The Bertz CT molecular complexity index is 1050. The number of benzene rings is 2. The van der Waals surface area contributed by atoms with E-state index >= 15 is 0 Å². The molecule has 0 bridgehead atoms. The van der Waals surface area contributed by atoms with E-state index in [2.05, 4.69) is 29.7 Å². The van der Waals surface area contributed by atoms with Crippen LogP contribution in [0.5, 0.6) is 0 Å². The van der Waals surface area contributed by atoms with Gasteiger partial charge in [0.1, 0.15) is 0 Å². The second kappa shape index (κ2) is 7.02. The van der Waals surface area contributed by atoms with Crippen molar-refractivity contribution in [1.82, 2.24) is 9.88 Å². The summed E-state index contributed by atoms with van der Waals surface area (Å²) in [5.74, 6) is 0. The second-order valence-corrected chi connectivity index (χ2v) is 7.81. The lowest BCUT2D eigenvalue weighted by atomic mass is 9.79. The van der Waals surface area contributed by atoms with Crippen LogP contribution in [0.3, 0.4) is 0 Å². The van der Waals surface area contributed by atoms with Crippen LogP contribution in [0.1, 0.15) is 24.0 Å². The van der Waals surface area contributed by atoms with Gasteiger partial charge in [-0.2, -0.15) is 0 Å². The number of hydrogen-bond acceptors (Lipinski definition) is 3. The molecule has 27 heavy (non-hydrogen) atoms. The maximum atomic E-state index is 12.5. The molecule has 1 aliphatic rings. The number of aromatic nitrogens is 1. The van der Waals surface area contributed by atoms with Gasteiger partial charge in [-0.3, -0.25) is 4.79 Å². The quantitative estimate of drug-likeness (QED) is 0.715. The van der Waals surface area contributed by atoms with E-state index in [9.17, 15) is 4.79 Å². The van der Waals surface area contributed by atoms with E-state index in [0.29, 0.717) is 0 Å². The Labute approximate surface area is 164 Å². The lowest BCUT2D eigenvalue weighted by molar-refractivity contribution is 0.345. The fourth-order valence-corrected chi connectivity index (χ4v) is 4.31. The van der Waals surface area contributed by atoms with E-state index in [1.807, 2.05) is 30.3 Å². The number of anilines is 1. The van der Waals surface area contributed by atoms with Gasteiger partial charge in [0.05, 0.1) is 5.54 Å². The van der Waals surface area contributed by atoms with E-state index in [-0.39, 0.29) is 11.1 Å². The highest BCUT2D eigenvalue weighted by Gasteiger charge is 2.35. The minimum atomic E-state index is -0.200. The summed E-state index contributed by atoms with van der Waals surface area (Å²) in [7, 11) is 1.78. The molecule has 1 aliphatic heterocycles. The Morgan fingerprint density at radius 3 is 2.70 bits per heavy atom. The summed E-state index contributed by atoms with van der Waals surface area (Å²) in [6.45, 7) is 3.96. The molecule has 0 atom stereocenters. The van der Waals surface area contributed by atoms with E-state index in [1.54, 1.807) is 17.8 Å². The fraction of sp³-hybridized carbons (Fsp3) is 0.318. The fourth-order valence-electron chi connectivity index (χ4n) is 4.13. The average molecular weight is 382 g/mol. The third-order valence-electron chi connectivity index (χ3n) is 5.71. The Balaban J connectivity index is 1.81. The van der Waals surface area contributed by atoms with Crippen molar-refractivity contribution in [2.75, 3.05) is 18.4 Å². The molecule has 0 saturated carbocycles. The van der Waals surface area contributed by atoms with Crippen molar-refractivity contribution in [3.05, 3.63) is 75.2 Å². The van der Waals surface area contributed by atoms with Gasteiger partial charge in [-0.15, -0.1) is 0 Å². The minimum absolute atomic E-state index is 0.0226. The highest BCUT2D eigenvalue weighted by molar-refractivity contribution is 6.31. The van der Waals surface area contributed by atoms with Crippen LogP contribution in [-0.2, 0) is 12.6 Å². The summed E-state index contributed by atoms with van der Waals surface area (Å²) in [6, 6.07) is 14.1. The third kappa shape index (κ3) is 3.24. The molecule has 0 amide bonds. The first kappa shape index (κ1) is 18.1. The van der Waals surface area contributed by atoms with Gasteiger partial charge in [-0.25, -0.2) is 0 Å². The van der Waals surface area contributed by atoms with Crippen molar-refractivity contribution in [1.29, 1.82) is 0 Å². The molecule has 5 heteroatoms. The molecular weight excluding hydrogens is 358 g/mol. The van der Waals surface area contributed by atoms with Gasteiger partial charge in [0, 0.05) is 29.3 Å². The number of hydrogen-bond donors (Lipinski definition) is 2. The molecule has 4 nitrogen and oxygen atoms in total. The topological polar surface area (TPSA) is 46.1 Å². The van der Waals surface area contributed by atoms with Crippen molar-refractivity contribution in [2.45, 2.75) is 25.3 Å². The normalized spacial score (nSPS) is 16.4. The van der Waals surface area contributed by atoms with Gasteiger partial charge >= 0.3 is 0 Å². The molecule has 0 aliphatic carbocycles. The molecule has 4 rings (SSSR count). The molecule has 3 aromatic rings. The molecule has 2 aromatic carbocycles. The lowest BCUT2D eigenvalue weighted by Gasteiger charge is -2.41. The summed E-state index contributed by atoms with van der Waals surface area (Å²) in [5.41, 5.74) is 3.14. The zero-order chi connectivity index (χ0) is 19.0. The number of aryl methyl sites for hydroxylation is 1. The van der Waals surface area contributed by atoms with Crippen molar-refractivity contribution < 1.29 is 0 Å². The summed E-state index contributed by atoms with van der Waals surface area (Å²) in [4.78, 5) is 12.5. The van der Waals surface area contributed by atoms with Crippen molar-refractivity contribution in [3.63, 3.8) is 0 Å². The van der Waals surface area contributed by atoms with Gasteiger partial charge in [0.2, 0.25) is 0 Å². The maximum Gasteiger partial charge on any atom is 0.258 e. The van der Waals surface area contributed by atoms with Crippen molar-refractivity contribution >= 4 is 28.1 Å². The predicted molar refractivity (Wildman–Crippen MR) is 113 cm³/mol. The van der Waals surface area contributed by atoms with Gasteiger partial charge < -0.3 is 15.2 Å². The number of fused-ring (bicyclic) bond motifs is 1. The number of piperidine rings is 1. The smallest absolute Gasteiger partial charge is 0.258 e. The monoisotopic (exact) mass is 381 g/mol. The van der Waals surface area contributed by atoms with Crippen LogP contribution in [0.2, 0.25) is 5.02 Å². The van der Waals surface area contributed by atoms with Crippen LogP contribution in [0.15, 0.2) is 53.5 Å². The number of nitrogens with zero attached hydrogens (tertiary/aromatic N) is 1. The molecule has 0 spiro atoms. The van der Waals surface area contributed by atoms with Crippen LogP contribution < -0.4 is 16.2 Å². The molecule has 1 aromatic heterocycles. The highest BCUT2D eigenvalue weighted by atomic mass is 35.5. The SMILES string of the molecule is Cc1c(Cl)cccc1C1(Nc2ccc3ccn(C)c(=O)c3c2)CCNCC1. The largest absolute Gasteiger partial charge is 0.375 e. The van der Waals surface area contributed by atoms with Crippen LogP contribution in [0.25, 0.3) is 10.8 Å². The van der Waals surface area contributed by atoms with E-state index < -0.39 is 0 Å². The first-order valence-corrected chi connectivity index (χ1v) is 9.72. The van der Waals surface area contributed by atoms with E-state index in [4.69, 9.17) is 11.6 Å². The third-order valence-corrected chi connectivity index (χ3v) is 6.12. The van der Waals surface area contributed by atoms with Gasteiger partial charge in [0.25, 0.3) is 5.56 Å². The summed E-state index contributed by atoms with van der Waals surface area (Å²) in [5, 5.41) is 9.70. The molecule has 2 N–H and O–H groups in total. The number of halogens is 1. The first-order chi connectivity index (χ1) is 13.0. The number of pyridine rings is 1. The van der Waals surface area contributed by atoms with Crippen LogP contribution in [-0.4, -0.2) is 17.7 Å². The second-order valence-electron chi connectivity index (χ2n) is 7.40. The summed E-state index contributed by atoms with van der Waals surface area (Å²) >= 11 is 6.43. The first-order valence-electron chi connectivity index (χ1n) is 9.34. The molecule has 1 saturated heterocycles. The standard InChI is InChI=1S/C22H24ClN3O/c1-15-19(4-3-5-20(15)23)22(9-11-24-12-10-22)25-17-7-6-16-8-13-26(2)21(27)18(16)14-17/h3-8,13-14,24-25H,9-12H2,1-2H3. The zero-order valence-electron chi connectivity index (χ0n) is 15.7. The number of nitrogens with one attached hydrogen (secondary N) is 2. The molecule has 0 unspecified atom stereocenters. The summed E-state index contributed by atoms with van der Waals surface area (Å²) in [6.07, 6.45) is 3.72. The van der Waals surface area contributed by atoms with E-state index in [0.717, 1.165) is 53.0 Å². The molecule has 140 valence electrons. The van der Waals surface area contributed by atoms with Crippen LogP contribution in [0.4, 0.5) is 5.69 Å². The molecular formula is C22H24ClN3O. The average Bonchev–Trinajstić information content (AvgIpc) is 2.68. The Morgan fingerprint density at radius 1 is 1.15 bits per heavy atom. The van der Waals surface area contributed by atoms with Crippen molar-refractivity contribution in [3.8, 4) is 0 Å². The molecule has 2 heterocycles. The molecule has 0 radical (unpaired) electrons. The zero-order valence-corrected chi connectivity index (χ0v) is 16.4. The van der Waals surface area contributed by atoms with Crippen molar-refractivity contribution in [2.24, 2.45) is 7.05 Å². The Hall–Kier alpha value is -2.30. The Kier molecular flexibility index (Phi) is 4.70. The van der Waals surface area contributed by atoms with Crippen LogP contribution in [0, 0.1) is 6.92 Å². The Morgan fingerprint density at radius 2 is 1.93 bits per heavy atom. The lowest BCUT2D eigenvalue weighted by Crippen LogP contribution is -2.45. The van der Waals surface area contributed by atoms with Gasteiger partial charge in [-0.05, 0) is 73.6 Å². The van der Waals surface area contributed by atoms with E-state index in [1.165, 1.54) is 5.56 Å². The maximum absolute atomic E-state index is 12.5. The molecule has 1 fully saturated rings.